The minimum absolute atomic E-state index is 0.699. The molecule has 2 aromatic carbocycles. The van der Waals surface area contributed by atoms with Gasteiger partial charge in [0, 0.05) is 10.6 Å². The summed E-state index contributed by atoms with van der Waals surface area (Å²) in [6.45, 7) is 0. The van der Waals surface area contributed by atoms with Gasteiger partial charge in [-0.1, -0.05) is 35.9 Å². The summed E-state index contributed by atoms with van der Waals surface area (Å²) < 4.78 is 10.5. The Morgan fingerprint density at radius 1 is 0.882 bits per heavy atom. The highest BCUT2D eigenvalue weighted by molar-refractivity contribution is 6.33. The van der Waals surface area contributed by atoms with Crippen molar-refractivity contribution in [3.8, 4) is 22.6 Å². The summed E-state index contributed by atoms with van der Waals surface area (Å²) in [5.74, 6) is 1.41. The van der Waals surface area contributed by atoms with Crippen molar-refractivity contribution < 1.29 is 9.47 Å². The van der Waals surface area contributed by atoms with Gasteiger partial charge in [-0.15, -0.1) is 0 Å². The van der Waals surface area contributed by atoms with Gasteiger partial charge in [0.05, 0.1) is 14.2 Å². The van der Waals surface area contributed by atoms with Crippen molar-refractivity contribution in [2.75, 3.05) is 14.2 Å². The van der Waals surface area contributed by atoms with Crippen LogP contribution in [-0.2, 0) is 0 Å². The van der Waals surface area contributed by atoms with Crippen molar-refractivity contribution in [2.24, 2.45) is 0 Å². The van der Waals surface area contributed by atoms with Crippen LogP contribution in [0.15, 0.2) is 42.5 Å². The van der Waals surface area contributed by atoms with Crippen LogP contribution in [0.4, 0.5) is 0 Å². The first kappa shape index (κ1) is 11.8. The second kappa shape index (κ2) is 5.11. The zero-order valence-electron chi connectivity index (χ0n) is 9.74. The molecule has 0 fully saturated rings. The fourth-order valence-corrected chi connectivity index (χ4v) is 1.94. The lowest BCUT2D eigenvalue weighted by Gasteiger charge is -2.10. The number of halogens is 1. The number of benzene rings is 2. The Morgan fingerprint density at radius 3 is 2.24 bits per heavy atom. The summed E-state index contributed by atoms with van der Waals surface area (Å²) in [7, 11) is 3.24. The second-order valence-corrected chi connectivity index (χ2v) is 3.96. The van der Waals surface area contributed by atoms with Crippen LogP contribution >= 0.6 is 11.6 Å². The maximum atomic E-state index is 6.16. The van der Waals surface area contributed by atoms with E-state index in [1.807, 2.05) is 42.5 Å². The average molecular weight is 249 g/mol. The fourth-order valence-electron chi connectivity index (χ4n) is 1.70. The second-order valence-electron chi connectivity index (χ2n) is 3.55. The molecule has 88 valence electrons. The predicted octanol–water partition coefficient (Wildman–Crippen LogP) is 4.02. The highest BCUT2D eigenvalue weighted by Crippen LogP contribution is 2.34. The Bertz CT molecular complexity index is 523. The first-order valence-electron chi connectivity index (χ1n) is 5.23. The highest BCUT2D eigenvalue weighted by atomic mass is 35.5. The Hall–Kier alpha value is -1.67. The Balaban J connectivity index is 2.50. The highest BCUT2D eigenvalue weighted by Gasteiger charge is 2.07. The Kier molecular flexibility index (Phi) is 3.55. The molecule has 0 radical (unpaired) electrons. The van der Waals surface area contributed by atoms with Crippen LogP contribution in [0.1, 0.15) is 0 Å². The van der Waals surface area contributed by atoms with E-state index < -0.39 is 0 Å². The maximum Gasteiger partial charge on any atom is 0.161 e. The molecular weight excluding hydrogens is 236 g/mol. The normalized spacial score (nSPS) is 10.1. The third-order valence-electron chi connectivity index (χ3n) is 2.57. The van der Waals surface area contributed by atoms with Crippen molar-refractivity contribution in [3.63, 3.8) is 0 Å². The Morgan fingerprint density at radius 2 is 1.59 bits per heavy atom. The standard InChI is InChI=1S/C14H13ClO2/c1-16-13-8-7-10(9-14(13)17-2)11-5-3-4-6-12(11)15/h3-9H,1-2H3. The smallest absolute Gasteiger partial charge is 0.161 e. The average Bonchev–Trinajstić information content (AvgIpc) is 2.38. The molecule has 0 amide bonds. The van der Waals surface area contributed by atoms with Gasteiger partial charge in [0.1, 0.15) is 0 Å². The van der Waals surface area contributed by atoms with E-state index in [0.29, 0.717) is 11.5 Å². The molecule has 17 heavy (non-hydrogen) atoms. The van der Waals surface area contributed by atoms with Crippen molar-refractivity contribution in [1.82, 2.24) is 0 Å². The molecule has 0 aromatic heterocycles. The van der Waals surface area contributed by atoms with Crippen LogP contribution in [0.25, 0.3) is 11.1 Å². The van der Waals surface area contributed by atoms with Gasteiger partial charge in [-0.25, -0.2) is 0 Å². The zero-order valence-corrected chi connectivity index (χ0v) is 10.5. The van der Waals surface area contributed by atoms with Crippen molar-refractivity contribution in [1.29, 1.82) is 0 Å². The van der Waals surface area contributed by atoms with E-state index in [0.717, 1.165) is 16.1 Å². The third kappa shape index (κ3) is 2.37. The van der Waals surface area contributed by atoms with Gasteiger partial charge in [-0.05, 0) is 23.8 Å². The summed E-state index contributed by atoms with van der Waals surface area (Å²) in [4.78, 5) is 0. The third-order valence-corrected chi connectivity index (χ3v) is 2.90. The van der Waals surface area contributed by atoms with Crippen LogP contribution in [0.3, 0.4) is 0 Å². The van der Waals surface area contributed by atoms with Gasteiger partial charge in [0.25, 0.3) is 0 Å². The fraction of sp³-hybridized carbons (Fsp3) is 0.143. The predicted molar refractivity (Wildman–Crippen MR) is 70.0 cm³/mol. The number of methoxy groups -OCH3 is 2. The number of rotatable bonds is 3. The molecule has 0 heterocycles. The lowest BCUT2D eigenvalue weighted by atomic mass is 10.1. The largest absolute Gasteiger partial charge is 0.493 e. The van der Waals surface area contributed by atoms with Crippen molar-refractivity contribution in [3.05, 3.63) is 47.5 Å². The van der Waals surface area contributed by atoms with E-state index in [2.05, 4.69) is 0 Å². The summed E-state index contributed by atoms with van der Waals surface area (Å²) in [5, 5.41) is 0.722. The van der Waals surface area contributed by atoms with E-state index in [4.69, 9.17) is 21.1 Å². The summed E-state index contributed by atoms with van der Waals surface area (Å²) in [6, 6.07) is 13.5. The molecule has 0 aliphatic heterocycles. The molecule has 2 rings (SSSR count). The minimum Gasteiger partial charge on any atom is -0.493 e. The molecule has 0 unspecified atom stereocenters. The van der Waals surface area contributed by atoms with Gasteiger partial charge < -0.3 is 9.47 Å². The van der Waals surface area contributed by atoms with Crippen LogP contribution in [-0.4, -0.2) is 14.2 Å². The van der Waals surface area contributed by atoms with Crippen LogP contribution < -0.4 is 9.47 Å². The number of ether oxygens (including phenoxy) is 2. The van der Waals surface area contributed by atoms with Gasteiger partial charge in [-0.3, -0.25) is 0 Å². The van der Waals surface area contributed by atoms with Gasteiger partial charge in [0.15, 0.2) is 11.5 Å². The van der Waals surface area contributed by atoms with Crippen molar-refractivity contribution >= 4 is 11.6 Å². The SMILES string of the molecule is COc1ccc(-c2ccccc2Cl)cc1OC. The number of hydrogen-bond donors (Lipinski definition) is 0. The molecule has 3 heteroatoms. The molecule has 0 saturated heterocycles. The van der Waals surface area contributed by atoms with Crippen molar-refractivity contribution in [2.45, 2.75) is 0 Å². The zero-order chi connectivity index (χ0) is 12.3. The van der Waals surface area contributed by atoms with E-state index in [1.54, 1.807) is 14.2 Å². The molecular formula is C14H13ClO2. The number of hydrogen-bond acceptors (Lipinski definition) is 2. The van der Waals surface area contributed by atoms with Gasteiger partial charge >= 0.3 is 0 Å². The Labute approximate surface area is 106 Å². The molecule has 0 spiro atoms. The molecule has 0 bridgehead atoms. The first-order chi connectivity index (χ1) is 8.26. The van der Waals surface area contributed by atoms with Gasteiger partial charge in [-0.2, -0.15) is 0 Å². The quantitative estimate of drug-likeness (QED) is 0.817. The van der Waals surface area contributed by atoms with E-state index in [9.17, 15) is 0 Å². The van der Waals surface area contributed by atoms with Crippen LogP contribution in [0, 0.1) is 0 Å². The molecule has 0 atom stereocenters. The van der Waals surface area contributed by atoms with Crippen LogP contribution in [0.2, 0.25) is 5.02 Å². The molecule has 2 nitrogen and oxygen atoms in total. The topological polar surface area (TPSA) is 18.5 Å². The molecule has 0 saturated carbocycles. The molecule has 0 aliphatic carbocycles. The first-order valence-corrected chi connectivity index (χ1v) is 5.61. The molecule has 2 aromatic rings. The van der Waals surface area contributed by atoms with Crippen LogP contribution in [0.5, 0.6) is 11.5 Å². The van der Waals surface area contributed by atoms with Gasteiger partial charge in [0.2, 0.25) is 0 Å². The lowest BCUT2D eigenvalue weighted by Crippen LogP contribution is -1.91. The minimum atomic E-state index is 0.699. The monoisotopic (exact) mass is 248 g/mol. The van der Waals surface area contributed by atoms with E-state index in [-0.39, 0.29) is 0 Å². The molecule has 0 aliphatic rings. The van der Waals surface area contributed by atoms with E-state index >= 15 is 0 Å². The summed E-state index contributed by atoms with van der Waals surface area (Å²) in [6.07, 6.45) is 0. The molecule has 0 N–H and O–H groups in total. The van der Waals surface area contributed by atoms with E-state index in [1.165, 1.54) is 0 Å². The summed E-state index contributed by atoms with van der Waals surface area (Å²) in [5.41, 5.74) is 1.99. The summed E-state index contributed by atoms with van der Waals surface area (Å²) >= 11 is 6.16. The lowest BCUT2D eigenvalue weighted by molar-refractivity contribution is 0.355. The maximum absolute atomic E-state index is 6.16.